The molecule has 1 amide bonds. The molecule has 4 rings (SSSR count). The van der Waals surface area contributed by atoms with Crippen LogP contribution in [0.25, 0.3) is 11.4 Å². The number of ether oxygens (including phenoxy) is 2. The van der Waals surface area contributed by atoms with Crippen molar-refractivity contribution in [1.82, 2.24) is 20.2 Å². The number of alkyl carbamates (subject to hydrolysis) is 1. The highest BCUT2D eigenvalue weighted by Gasteiger charge is 2.58. The van der Waals surface area contributed by atoms with E-state index in [1.807, 2.05) is 45.0 Å². The van der Waals surface area contributed by atoms with Crippen LogP contribution in [0, 0.1) is 5.82 Å². The molecule has 2 saturated heterocycles. The summed E-state index contributed by atoms with van der Waals surface area (Å²) in [5.41, 5.74) is 0.106. The monoisotopic (exact) mass is 470 g/mol. The number of nitrogens with one attached hydrogen (secondary N) is 1. The highest BCUT2D eigenvalue weighted by atomic mass is 19.1. The zero-order chi connectivity index (χ0) is 24.5. The van der Waals surface area contributed by atoms with Crippen LogP contribution in [-0.4, -0.2) is 63.8 Å². The van der Waals surface area contributed by atoms with Crippen molar-refractivity contribution in [3.05, 3.63) is 48.0 Å². The summed E-state index contributed by atoms with van der Waals surface area (Å²) in [6.45, 7) is 6.20. The number of aromatic nitrogens is 2. The molecule has 2 aliphatic heterocycles. The highest BCUT2D eigenvalue weighted by molar-refractivity contribution is 5.82. The predicted octanol–water partition coefficient (Wildman–Crippen LogP) is 3.50. The lowest BCUT2D eigenvalue weighted by molar-refractivity contribution is -0.153. The quantitative estimate of drug-likeness (QED) is 0.669. The largest absolute Gasteiger partial charge is 0.468 e. The number of amides is 1. The molecule has 1 aromatic carbocycles. The molecule has 0 unspecified atom stereocenters. The van der Waals surface area contributed by atoms with Gasteiger partial charge in [0.15, 0.2) is 11.6 Å². The van der Waals surface area contributed by atoms with Gasteiger partial charge in [-0.3, -0.25) is 9.69 Å². The first-order valence-electron chi connectivity index (χ1n) is 11.5. The predicted molar refractivity (Wildman–Crippen MR) is 123 cm³/mol. The summed E-state index contributed by atoms with van der Waals surface area (Å²) in [6, 6.07) is 7.36. The maximum atomic E-state index is 13.3. The van der Waals surface area contributed by atoms with Gasteiger partial charge in [-0.15, -0.1) is 0 Å². The topological polar surface area (TPSA) is 93.7 Å². The van der Waals surface area contributed by atoms with Gasteiger partial charge in [0.1, 0.15) is 11.1 Å². The fourth-order valence-corrected chi connectivity index (χ4v) is 5.22. The molecular weight excluding hydrogens is 439 g/mol. The van der Waals surface area contributed by atoms with Crippen LogP contribution in [0.1, 0.15) is 45.6 Å². The van der Waals surface area contributed by atoms with Gasteiger partial charge >= 0.3 is 12.1 Å². The van der Waals surface area contributed by atoms with Crippen molar-refractivity contribution in [2.24, 2.45) is 0 Å². The van der Waals surface area contributed by atoms with Crippen molar-refractivity contribution in [1.29, 1.82) is 0 Å². The van der Waals surface area contributed by atoms with Crippen LogP contribution >= 0.6 is 0 Å². The molecular formula is C25H31FN4O4. The second-order valence-electron chi connectivity index (χ2n) is 9.99. The molecule has 1 aromatic heterocycles. The Morgan fingerprint density at radius 3 is 2.68 bits per heavy atom. The van der Waals surface area contributed by atoms with Gasteiger partial charge < -0.3 is 14.8 Å². The molecule has 8 nitrogen and oxygen atoms in total. The minimum atomic E-state index is -0.919. The van der Waals surface area contributed by atoms with E-state index < -0.39 is 23.1 Å². The number of halogens is 1. The van der Waals surface area contributed by atoms with Crippen LogP contribution in [-0.2, 0) is 20.7 Å². The van der Waals surface area contributed by atoms with E-state index >= 15 is 0 Å². The zero-order valence-corrected chi connectivity index (χ0v) is 20.0. The van der Waals surface area contributed by atoms with Crippen LogP contribution < -0.4 is 5.32 Å². The van der Waals surface area contributed by atoms with Gasteiger partial charge in [0.25, 0.3) is 0 Å². The molecule has 9 heteroatoms. The first-order chi connectivity index (χ1) is 16.1. The number of hydrogen-bond donors (Lipinski definition) is 1. The molecule has 0 radical (unpaired) electrons. The third-order valence-corrected chi connectivity index (χ3v) is 6.44. The maximum Gasteiger partial charge on any atom is 0.407 e. The summed E-state index contributed by atoms with van der Waals surface area (Å²) in [5.74, 6) is -0.416. The summed E-state index contributed by atoms with van der Waals surface area (Å²) in [6.07, 6.45) is 4.40. The van der Waals surface area contributed by atoms with E-state index in [1.54, 1.807) is 0 Å². The number of esters is 1. The molecule has 0 bridgehead atoms. The molecule has 182 valence electrons. The Hall–Kier alpha value is -3.07. The summed E-state index contributed by atoms with van der Waals surface area (Å²) in [5, 5.41) is 3.00. The van der Waals surface area contributed by atoms with E-state index in [9.17, 15) is 14.0 Å². The number of benzene rings is 1. The summed E-state index contributed by atoms with van der Waals surface area (Å²) in [7, 11) is 1.40. The third-order valence-electron chi connectivity index (χ3n) is 6.44. The normalized spacial score (nSPS) is 24.5. The van der Waals surface area contributed by atoms with E-state index in [2.05, 4.69) is 20.2 Å². The average molecular weight is 471 g/mol. The van der Waals surface area contributed by atoms with Crippen molar-refractivity contribution in [3.63, 3.8) is 0 Å². The first-order valence-corrected chi connectivity index (χ1v) is 11.5. The molecule has 0 spiro atoms. The maximum absolute atomic E-state index is 13.3. The summed E-state index contributed by atoms with van der Waals surface area (Å²) < 4.78 is 24.0. The molecule has 0 saturated carbocycles. The Balaban J connectivity index is 1.62. The minimum Gasteiger partial charge on any atom is -0.468 e. The Labute approximate surface area is 198 Å². The smallest absolute Gasteiger partial charge is 0.407 e. The second kappa shape index (κ2) is 9.29. The summed E-state index contributed by atoms with van der Waals surface area (Å²) >= 11 is 0. The van der Waals surface area contributed by atoms with Crippen LogP contribution in [0.2, 0.25) is 0 Å². The first kappa shape index (κ1) is 24.1. The van der Waals surface area contributed by atoms with Gasteiger partial charge in [-0.25, -0.2) is 19.2 Å². The Kier molecular flexibility index (Phi) is 6.58. The third kappa shape index (κ3) is 4.89. The number of fused-ring (bicyclic) bond motifs is 1. The van der Waals surface area contributed by atoms with Crippen molar-refractivity contribution >= 4 is 12.1 Å². The number of carbonyl (C=O) groups excluding carboxylic acids is 2. The fourth-order valence-electron chi connectivity index (χ4n) is 5.22. The van der Waals surface area contributed by atoms with E-state index in [0.29, 0.717) is 18.7 Å². The van der Waals surface area contributed by atoms with Crippen molar-refractivity contribution in [2.75, 3.05) is 13.7 Å². The molecule has 2 fully saturated rings. The van der Waals surface area contributed by atoms with Crippen LogP contribution in [0.15, 0.2) is 36.7 Å². The van der Waals surface area contributed by atoms with E-state index in [4.69, 9.17) is 9.47 Å². The Morgan fingerprint density at radius 1 is 1.26 bits per heavy atom. The molecule has 34 heavy (non-hydrogen) atoms. The number of nitrogens with zero attached hydrogens (tertiary/aromatic N) is 3. The van der Waals surface area contributed by atoms with Crippen molar-refractivity contribution in [2.45, 2.75) is 69.7 Å². The molecule has 1 N–H and O–H groups in total. The lowest BCUT2D eigenvalue weighted by atomic mass is 9.86. The standard InChI is InChI=1S/C25H31FN4O4/c1-24(2,3)34-23(32)29-19-13-25(22(31)33-4,30-10-6-9-20(19)30)12-16-7-5-8-17(11-16)21-27-14-18(26)15-28-21/h5,7-8,11,14-15,19-20H,6,9-10,12-13H2,1-4H3,(H,29,32)/t19-,20+,25+/m1/s1. The van der Waals surface area contributed by atoms with Crippen molar-refractivity contribution < 1.29 is 23.5 Å². The number of carbonyl (C=O) groups is 2. The lowest BCUT2D eigenvalue weighted by Crippen LogP contribution is -2.53. The molecule has 2 aromatic rings. The lowest BCUT2D eigenvalue weighted by Gasteiger charge is -2.35. The molecule has 3 atom stereocenters. The zero-order valence-electron chi connectivity index (χ0n) is 20.0. The van der Waals surface area contributed by atoms with Gasteiger partial charge in [-0.2, -0.15) is 0 Å². The van der Waals surface area contributed by atoms with Gasteiger partial charge in [0.2, 0.25) is 0 Å². The number of rotatable bonds is 5. The van der Waals surface area contributed by atoms with Gasteiger partial charge in [0, 0.05) is 18.0 Å². The van der Waals surface area contributed by atoms with Gasteiger partial charge in [-0.05, 0) is 58.2 Å². The summed E-state index contributed by atoms with van der Waals surface area (Å²) in [4.78, 5) is 36.1. The second-order valence-corrected chi connectivity index (χ2v) is 9.99. The van der Waals surface area contributed by atoms with Gasteiger partial charge in [0.05, 0.1) is 25.5 Å². The fraction of sp³-hybridized carbons (Fsp3) is 0.520. The number of methoxy groups -OCH3 is 1. The molecule has 0 aliphatic carbocycles. The van der Waals surface area contributed by atoms with Gasteiger partial charge in [-0.1, -0.05) is 18.2 Å². The Bertz CT molecular complexity index is 1060. The highest BCUT2D eigenvalue weighted by Crippen LogP contribution is 2.43. The molecule has 3 heterocycles. The van der Waals surface area contributed by atoms with Crippen LogP contribution in [0.3, 0.4) is 0 Å². The van der Waals surface area contributed by atoms with E-state index in [0.717, 1.165) is 42.9 Å². The molecule has 2 aliphatic rings. The van der Waals surface area contributed by atoms with Crippen molar-refractivity contribution in [3.8, 4) is 11.4 Å². The number of hydrogen-bond acceptors (Lipinski definition) is 7. The van der Waals surface area contributed by atoms with E-state index in [-0.39, 0.29) is 18.1 Å². The SMILES string of the molecule is COC(=O)[C@]1(Cc2cccc(-c3ncc(F)cn3)c2)C[C@@H](NC(=O)OC(C)(C)C)[C@@H]2CCCN21. The average Bonchev–Trinajstić information content (AvgIpc) is 3.37. The van der Waals surface area contributed by atoms with Crippen LogP contribution in [0.4, 0.5) is 9.18 Å². The minimum absolute atomic E-state index is 0.0234. The van der Waals surface area contributed by atoms with Crippen LogP contribution in [0.5, 0.6) is 0 Å². The Morgan fingerprint density at radius 2 is 2.00 bits per heavy atom. The van der Waals surface area contributed by atoms with E-state index in [1.165, 1.54) is 7.11 Å².